The fourth-order valence-corrected chi connectivity index (χ4v) is 5.11. The summed E-state index contributed by atoms with van der Waals surface area (Å²) in [5, 5.41) is 0. The number of allylic oxidation sites excluding steroid dienone is 2. The van der Waals surface area contributed by atoms with Gasteiger partial charge in [0.25, 0.3) is 0 Å². The van der Waals surface area contributed by atoms with E-state index in [1.165, 1.54) is 56.9 Å². The van der Waals surface area contributed by atoms with Gasteiger partial charge in [0.1, 0.15) is 0 Å². The van der Waals surface area contributed by atoms with Gasteiger partial charge in [0.15, 0.2) is 0 Å². The molecule has 0 N–H and O–H groups in total. The Labute approximate surface area is 154 Å². The summed E-state index contributed by atoms with van der Waals surface area (Å²) in [5.41, 5.74) is 2.85. The highest BCUT2D eigenvalue weighted by Crippen LogP contribution is 2.44. The smallest absolute Gasteiger partial charge is 0.0716 e. The van der Waals surface area contributed by atoms with Crippen LogP contribution in [0, 0.1) is 17.8 Å². The standard InChI is InChI=1S/C24H36O/c1-3-5-19-6-10-21(11-7-19)23-14-16-24(17-15-23)22-12-8-20(9-13-22)18-25-4-2/h3,5,8-9,12-13,19,21,23-24H,4,6-7,10-11,14-18H2,1-2H3/b5-3+. The molecular weight excluding hydrogens is 304 g/mol. The number of hydrogen-bond donors (Lipinski definition) is 0. The van der Waals surface area contributed by atoms with Crippen molar-refractivity contribution >= 4 is 0 Å². The van der Waals surface area contributed by atoms with Gasteiger partial charge in [-0.1, -0.05) is 36.4 Å². The fraction of sp³-hybridized carbons (Fsp3) is 0.667. The van der Waals surface area contributed by atoms with Crippen LogP contribution in [0.5, 0.6) is 0 Å². The van der Waals surface area contributed by atoms with Gasteiger partial charge in [-0.25, -0.2) is 0 Å². The van der Waals surface area contributed by atoms with E-state index in [0.29, 0.717) is 0 Å². The molecule has 0 atom stereocenters. The van der Waals surface area contributed by atoms with Crippen molar-refractivity contribution in [2.45, 2.75) is 77.7 Å². The van der Waals surface area contributed by atoms with E-state index in [1.54, 1.807) is 5.56 Å². The molecule has 2 aliphatic carbocycles. The third-order valence-electron chi connectivity index (χ3n) is 6.64. The molecule has 0 unspecified atom stereocenters. The van der Waals surface area contributed by atoms with Crippen molar-refractivity contribution in [2.24, 2.45) is 17.8 Å². The average molecular weight is 341 g/mol. The molecule has 0 saturated heterocycles. The molecule has 0 aliphatic heterocycles. The summed E-state index contributed by atoms with van der Waals surface area (Å²) in [6, 6.07) is 9.22. The van der Waals surface area contributed by atoms with Crippen LogP contribution in [-0.2, 0) is 11.3 Å². The third kappa shape index (κ3) is 5.20. The molecule has 2 saturated carbocycles. The van der Waals surface area contributed by atoms with Crippen molar-refractivity contribution in [1.29, 1.82) is 0 Å². The highest BCUT2D eigenvalue weighted by atomic mass is 16.5. The zero-order valence-electron chi connectivity index (χ0n) is 16.3. The Morgan fingerprint density at radius 1 is 0.880 bits per heavy atom. The van der Waals surface area contributed by atoms with E-state index in [0.717, 1.165) is 36.9 Å². The topological polar surface area (TPSA) is 9.23 Å². The Bertz CT molecular complexity index is 514. The van der Waals surface area contributed by atoms with Crippen LogP contribution in [0.4, 0.5) is 0 Å². The van der Waals surface area contributed by atoms with E-state index in [2.05, 4.69) is 50.3 Å². The Hall–Kier alpha value is -1.08. The summed E-state index contributed by atoms with van der Waals surface area (Å²) in [6.07, 6.45) is 16.2. The molecule has 3 rings (SSSR count). The van der Waals surface area contributed by atoms with Gasteiger partial charge in [0, 0.05) is 6.61 Å². The minimum Gasteiger partial charge on any atom is -0.377 e. The maximum Gasteiger partial charge on any atom is 0.0716 e. The van der Waals surface area contributed by atoms with Gasteiger partial charge in [0.2, 0.25) is 0 Å². The largest absolute Gasteiger partial charge is 0.377 e. The summed E-state index contributed by atoms with van der Waals surface area (Å²) in [7, 11) is 0. The normalized spacial score (nSPS) is 30.6. The van der Waals surface area contributed by atoms with Crippen LogP contribution in [0.25, 0.3) is 0 Å². The van der Waals surface area contributed by atoms with Crippen LogP contribution in [0.1, 0.15) is 82.3 Å². The monoisotopic (exact) mass is 340 g/mol. The van der Waals surface area contributed by atoms with Crippen LogP contribution >= 0.6 is 0 Å². The predicted octanol–water partition coefficient (Wildman–Crippen LogP) is 6.88. The Kier molecular flexibility index (Phi) is 7.16. The molecule has 0 heterocycles. The van der Waals surface area contributed by atoms with Gasteiger partial charge in [-0.2, -0.15) is 0 Å². The molecule has 25 heavy (non-hydrogen) atoms. The lowest BCUT2D eigenvalue weighted by Gasteiger charge is -2.37. The van der Waals surface area contributed by atoms with Crippen LogP contribution < -0.4 is 0 Å². The number of benzene rings is 1. The van der Waals surface area contributed by atoms with E-state index in [-0.39, 0.29) is 0 Å². The maximum absolute atomic E-state index is 5.50. The molecular formula is C24H36O. The predicted molar refractivity (Wildman–Crippen MR) is 107 cm³/mol. The van der Waals surface area contributed by atoms with Gasteiger partial charge >= 0.3 is 0 Å². The maximum atomic E-state index is 5.50. The Balaban J connectivity index is 1.45. The molecule has 2 fully saturated rings. The summed E-state index contributed by atoms with van der Waals surface area (Å²) < 4.78 is 5.50. The van der Waals surface area contributed by atoms with E-state index >= 15 is 0 Å². The lowest BCUT2D eigenvalue weighted by Crippen LogP contribution is -2.25. The summed E-state index contributed by atoms with van der Waals surface area (Å²) in [6.45, 7) is 5.76. The van der Waals surface area contributed by atoms with Crippen LogP contribution in [0.3, 0.4) is 0 Å². The molecule has 1 nitrogen and oxygen atoms in total. The van der Waals surface area contributed by atoms with Crippen LogP contribution in [0.2, 0.25) is 0 Å². The minimum atomic E-state index is 0.749. The second kappa shape index (κ2) is 9.57. The van der Waals surface area contributed by atoms with Crippen molar-refractivity contribution in [3.63, 3.8) is 0 Å². The lowest BCUT2D eigenvalue weighted by atomic mass is 9.68. The van der Waals surface area contributed by atoms with Crippen molar-refractivity contribution in [3.05, 3.63) is 47.5 Å². The van der Waals surface area contributed by atoms with Gasteiger partial charge < -0.3 is 4.74 Å². The van der Waals surface area contributed by atoms with Crippen molar-refractivity contribution in [2.75, 3.05) is 6.61 Å². The number of rotatable bonds is 6. The second-order valence-electron chi connectivity index (χ2n) is 8.19. The van der Waals surface area contributed by atoms with Gasteiger partial charge in [-0.05, 0) is 100 Å². The molecule has 0 amide bonds. The molecule has 1 aromatic carbocycles. The number of hydrogen-bond acceptors (Lipinski definition) is 1. The van der Waals surface area contributed by atoms with E-state index in [1.807, 2.05) is 0 Å². The van der Waals surface area contributed by atoms with Crippen molar-refractivity contribution in [3.8, 4) is 0 Å². The molecule has 1 aromatic rings. The van der Waals surface area contributed by atoms with Gasteiger partial charge in [0.05, 0.1) is 6.61 Å². The van der Waals surface area contributed by atoms with Gasteiger partial charge in [-0.3, -0.25) is 0 Å². The molecule has 0 radical (unpaired) electrons. The van der Waals surface area contributed by atoms with Crippen LogP contribution in [-0.4, -0.2) is 6.61 Å². The first kappa shape index (κ1) is 18.7. The summed E-state index contributed by atoms with van der Waals surface area (Å²) in [4.78, 5) is 0. The molecule has 0 bridgehead atoms. The van der Waals surface area contributed by atoms with E-state index in [9.17, 15) is 0 Å². The first-order chi connectivity index (χ1) is 12.3. The first-order valence-electron chi connectivity index (χ1n) is 10.6. The third-order valence-corrected chi connectivity index (χ3v) is 6.64. The molecule has 2 aliphatic rings. The zero-order valence-corrected chi connectivity index (χ0v) is 16.3. The Morgan fingerprint density at radius 3 is 2.04 bits per heavy atom. The first-order valence-corrected chi connectivity index (χ1v) is 10.6. The molecule has 138 valence electrons. The lowest BCUT2D eigenvalue weighted by molar-refractivity contribution is 0.134. The van der Waals surface area contributed by atoms with E-state index in [4.69, 9.17) is 4.74 Å². The average Bonchev–Trinajstić information content (AvgIpc) is 2.68. The molecule has 0 spiro atoms. The van der Waals surface area contributed by atoms with Crippen molar-refractivity contribution in [1.82, 2.24) is 0 Å². The molecule has 0 aromatic heterocycles. The second-order valence-corrected chi connectivity index (χ2v) is 8.19. The summed E-state index contributed by atoms with van der Waals surface area (Å²) in [5.74, 6) is 3.67. The van der Waals surface area contributed by atoms with Crippen LogP contribution in [0.15, 0.2) is 36.4 Å². The van der Waals surface area contributed by atoms with E-state index < -0.39 is 0 Å². The Morgan fingerprint density at radius 2 is 1.48 bits per heavy atom. The number of ether oxygens (including phenoxy) is 1. The van der Waals surface area contributed by atoms with Gasteiger partial charge in [-0.15, -0.1) is 0 Å². The minimum absolute atomic E-state index is 0.749. The fourth-order valence-electron chi connectivity index (χ4n) is 5.11. The van der Waals surface area contributed by atoms with Crippen molar-refractivity contribution < 1.29 is 4.74 Å². The summed E-state index contributed by atoms with van der Waals surface area (Å²) >= 11 is 0. The quantitative estimate of drug-likeness (QED) is 0.513. The molecule has 1 heteroatoms. The SMILES string of the molecule is C/C=C/C1CCC(C2CCC(c3ccc(COCC)cc3)CC2)CC1. The zero-order chi connectivity index (χ0) is 17.5. The highest BCUT2D eigenvalue weighted by Gasteiger charge is 2.30. The highest BCUT2D eigenvalue weighted by molar-refractivity contribution is 5.25.